The topological polar surface area (TPSA) is 100 Å². The van der Waals surface area contributed by atoms with Crippen LogP contribution in [0.4, 0.5) is 5.69 Å². The van der Waals surface area contributed by atoms with Gasteiger partial charge in [-0.25, -0.2) is 0 Å². The van der Waals surface area contributed by atoms with Crippen molar-refractivity contribution in [3.63, 3.8) is 0 Å². The second-order valence-electron chi connectivity index (χ2n) is 12.5. The van der Waals surface area contributed by atoms with Crippen LogP contribution >= 0.6 is 0 Å². The van der Waals surface area contributed by atoms with E-state index in [0.717, 1.165) is 54.7 Å². The summed E-state index contributed by atoms with van der Waals surface area (Å²) in [5.74, 6) is -0.0631. The van der Waals surface area contributed by atoms with E-state index in [-0.39, 0.29) is 30.6 Å². The van der Waals surface area contributed by atoms with Gasteiger partial charge in [-0.15, -0.1) is 0 Å². The molecule has 48 heavy (non-hydrogen) atoms. The van der Waals surface area contributed by atoms with Gasteiger partial charge in [0.15, 0.2) is 6.29 Å². The molecule has 1 fully saturated rings. The average molecular weight is 650 g/mol. The van der Waals surface area contributed by atoms with Crippen molar-refractivity contribution in [3.8, 4) is 0 Å². The molecule has 0 unspecified atom stereocenters. The smallest absolute Gasteiger partial charge is 0.224 e. The monoisotopic (exact) mass is 649 g/mol. The summed E-state index contributed by atoms with van der Waals surface area (Å²) in [6.45, 7) is 4.44. The van der Waals surface area contributed by atoms with Crippen LogP contribution in [0, 0.1) is 0 Å². The second-order valence-corrected chi connectivity index (χ2v) is 12.5. The molecular weight excluding hydrogens is 602 g/mol. The van der Waals surface area contributed by atoms with E-state index in [0.29, 0.717) is 25.9 Å². The zero-order chi connectivity index (χ0) is 33.6. The Morgan fingerprint density at radius 3 is 1.98 bits per heavy atom. The number of rotatable bonds is 16. The van der Waals surface area contributed by atoms with E-state index in [1.54, 1.807) is 0 Å². The molecule has 0 saturated carbocycles. The maximum absolute atomic E-state index is 12.5. The Kier molecular flexibility index (Phi) is 13.3. The molecule has 1 aliphatic rings. The van der Waals surface area contributed by atoms with Crippen molar-refractivity contribution in [2.24, 2.45) is 0 Å². The maximum Gasteiger partial charge on any atom is 0.224 e. The summed E-state index contributed by atoms with van der Waals surface area (Å²) in [6, 6.07) is 36.6. The van der Waals surface area contributed by atoms with Crippen molar-refractivity contribution in [1.29, 1.82) is 0 Å². The summed E-state index contributed by atoms with van der Waals surface area (Å²) < 4.78 is 13.3. The molecule has 4 aromatic rings. The number of amides is 2. The van der Waals surface area contributed by atoms with Gasteiger partial charge in [-0.1, -0.05) is 103 Å². The van der Waals surface area contributed by atoms with E-state index in [9.17, 15) is 14.7 Å². The standard InChI is InChI=1S/C40H47N3O5/c1-30(45)41-24-10-4-9-15-39(46)42-36-22-20-35(21-23-36)40-47-37(25-38(48-40)34-18-16-33(29-44)17-19-34)28-43(26-31-11-5-2-6-12-31)27-32-13-7-3-8-14-32/h2-3,5-8,11-14,16-23,37-38,40,44H,4,9-10,15,24-29H2,1H3,(H,41,45)(H,42,46)/t37-,38+,40+/m0/s1. The first-order valence-electron chi connectivity index (χ1n) is 16.9. The van der Waals surface area contributed by atoms with Crippen molar-refractivity contribution in [3.05, 3.63) is 137 Å². The number of hydrogen-bond acceptors (Lipinski definition) is 6. The third kappa shape index (κ3) is 11.1. The fourth-order valence-electron chi connectivity index (χ4n) is 5.99. The van der Waals surface area contributed by atoms with Gasteiger partial charge in [0.25, 0.3) is 0 Å². The Morgan fingerprint density at radius 1 is 0.750 bits per heavy atom. The first kappa shape index (κ1) is 35.0. The number of anilines is 1. The van der Waals surface area contributed by atoms with Gasteiger partial charge in [0.05, 0.1) is 18.8 Å². The van der Waals surface area contributed by atoms with Crippen LogP contribution in [0.2, 0.25) is 0 Å². The molecule has 2 amide bonds. The van der Waals surface area contributed by atoms with Crippen LogP contribution < -0.4 is 10.6 Å². The molecule has 0 aromatic heterocycles. The Morgan fingerprint density at radius 2 is 1.38 bits per heavy atom. The molecule has 4 aromatic carbocycles. The molecule has 8 nitrogen and oxygen atoms in total. The van der Waals surface area contributed by atoms with Gasteiger partial charge in [0.1, 0.15) is 0 Å². The molecule has 1 saturated heterocycles. The summed E-state index contributed by atoms with van der Waals surface area (Å²) in [5, 5.41) is 15.4. The van der Waals surface area contributed by atoms with Gasteiger partial charge in [0, 0.05) is 57.2 Å². The number of aliphatic hydroxyl groups excluding tert-OH is 1. The van der Waals surface area contributed by atoms with Gasteiger partial charge in [-0.05, 0) is 47.2 Å². The van der Waals surface area contributed by atoms with E-state index < -0.39 is 6.29 Å². The predicted molar refractivity (Wildman–Crippen MR) is 188 cm³/mol. The summed E-state index contributed by atoms with van der Waals surface area (Å²) >= 11 is 0. The zero-order valence-electron chi connectivity index (χ0n) is 27.7. The molecular formula is C40H47N3O5. The van der Waals surface area contributed by atoms with Crippen molar-refractivity contribution in [2.75, 3.05) is 18.4 Å². The minimum Gasteiger partial charge on any atom is -0.392 e. The summed E-state index contributed by atoms with van der Waals surface area (Å²) in [5.41, 5.74) is 6.00. The third-order valence-electron chi connectivity index (χ3n) is 8.50. The van der Waals surface area contributed by atoms with Crippen LogP contribution in [-0.4, -0.2) is 41.0 Å². The van der Waals surface area contributed by atoms with E-state index in [1.165, 1.54) is 18.1 Å². The summed E-state index contributed by atoms with van der Waals surface area (Å²) in [4.78, 5) is 26.0. The lowest BCUT2D eigenvalue weighted by molar-refractivity contribution is -0.253. The molecule has 3 N–H and O–H groups in total. The summed E-state index contributed by atoms with van der Waals surface area (Å²) in [7, 11) is 0. The van der Waals surface area contributed by atoms with Gasteiger partial charge >= 0.3 is 0 Å². The molecule has 1 aliphatic heterocycles. The molecule has 0 bridgehead atoms. The van der Waals surface area contributed by atoms with Gasteiger partial charge in [0.2, 0.25) is 11.8 Å². The Bertz CT molecular complexity index is 1510. The highest BCUT2D eigenvalue weighted by Crippen LogP contribution is 2.38. The molecule has 5 rings (SSSR count). The van der Waals surface area contributed by atoms with Gasteiger partial charge in [-0.2, -0.15) is 0 Å². The molecule has 3 atom stereocenters. The molecule has 252 valence electrons. The lowest BCUT2D eigenvalue weighted by Gasteiger charge is -2.38. The van der Waals surface area contributed by atoms with E-state index in [4.69, 9.17) is 9.47 Å². The van der Waals surface area contributed by atoms with Gasteiger partial charge < -0.3 is 25.2 Å². The molecule has 1 heterocycles. The first-order valence-corrected chi connectivity index (χ1v) is 16.9. The normalized spacial score (nSPS) is 17.6. The van der Waals surface area contributed by atoms with Crippen LogP contribution in [0.15, 0.2) is 109 Å². The molecule has 0 spiro atoms. The third-order valence-corrected chi connectivity index (χ3v) is 8.50. The number of nitrogens with zero attached hydrogens (tertiary/aromatic N) is 1. The number of unbranched alkanes of at least 4 members (excludes halogenated alkanes) is 2. The lowest BCUT2D eigenvalue weighted by Crippen LogP contribution is -2.39. The molecule has 8 heteroatoms. The molecule has 0 aliphatic carbocycles. The number of aliphatic hydroxyl groups is 1. The van der Waals surface area contributed by atoms with Crippen LogP contribution in [-0.2, 0) is 38.8 Å². The SMILES string of the molecule is CC(=O)NCCCCCC(=O)Nc1ccc([C@@H]2O[C@H](CN(Cc3ccccc3)Cc3ccccc3)C[C@H](c3ccc(CO)cc3)O2)cc1. The zero-order valence-corrected chi connectivity index (χ0v) is 27.7. The lowest BCUT2D eigenvalue weighted by atomic mass is 9.99. The van der Waals surface area contributed by atoms with Crippen LogP contribution in [0.1, 0.15) is 79.2 Å². The molecule has 0 radical (unpaired) electrons. The highest BCUT2D eigenvalue weighted by Gasteiger charge is 2.33. The van der Waals surface area contributed by atoms with Crippen molar-refractivity contribution in [2.45, 2.75) is 77.2 Å². The first-order chi connectivity index (χ1) is 23.4. The predicted octanol–water partition coefficient (Wildman–Crippen LogP) is 7.06. The van der Waals surface area contributed by atoms with Crippen molar-refractivity contribution < 1.29 is 24.2 Å². The van der Waals surface area contributed by atoms with Gasteiger partial charge in [-0.3, -0.25) is 14.5 Å². The quantitative estimate of drug-likeness (QED) is 0.112. The van der Waals surface area contributed by atoms with Crippen LogP contribution in [0.5, 0.6) is 0 Å². The number of carbonyl (C=O) groups excluding carboxylic acids is 2. The number of hydrogen-bond donors (Lipinski definition) is 3. The van der Waals surface area contributed by atoms with E-state index >= 15 is 0 Å². The Balaban J connectivity index is 1.27. The number of ether oxygens (including phenoxy) is 2. The maximum atomic E-state index is 12.5. The highest BCUT2D eigenvalue weighted by molar-refractivity contribution is 5.90. The minimum absolute atomic E-state index is 0.00438. The fraction of sp³-hybridized carbons (Fsp3) is 0.350. The average Bonchev–Trinajstić information content (AvgIpc) is 3.11. The minimum atomic E-state index is -0.588. The number of carbonyl (C=O) groups is 2. The van der Waals surface area contributed by atoms with Crippen LogP contribution in [0.25, 0.3) is 0 Å². The highest BCUT2D eigenvalue weighted by atomic mass is 16.7. The second kappa shape index (κ2) is 18.3. The Hall–Kier alpha value is -4.34. The van der Waals surface area contributed by atoms with Crippen LogP contribution in [0.3, 0.4) is 0 Å². The van der Waals surface area contributed by atoms with Crippen molar-refractivity contribution in [1.82, 2.24) is 10.2 Å². The largest absolute Gasteiger partial charge is 0.392 e. The Labute approximate surface area is 284 Å². The van der Waals surface area contributed by atoms with Crippen molar-refractivity contribution >= 4 is 17.5 Å². The van der Waals surface area contributed by atoms with E-state index in [1.807, 2.05) is 60.7 Å². The number of benzene rings is 4. The number of nitrogens with one attached hydrogen (secondary N) is 2. The summed E-state index contributed by atoms with van der Waals surface area (Å²) in [6.07, 6.45) is 2.72. The fourth-order valence-corrected chi connectivity index (χ4v) is 5.99. The van der Waals surface area contributed by atoms with E-state index in [2.05, 4.69) is 64.1 Å².